The maximum absolute atomic E-state index is 5.94. The van der Waals surface area contributed by atoms with Gasteiger partial charge in [-0.3, -0.25) is 0 Å². The van der Waals surface area contributed by atoms with Gasteiger partial charge >= 0.3 is 0 Å². The lowest BCUT2D eigenvalue weighted by Gasteiger charge is -2.16. The molecule has 0 bridgehead atoms. The molecule has 4 N–H and O–H groups in total. The zero-order valence-corrected chi connectivity index (χ0v) is 18.4. The molecule has 0 unspecified atom stereocenters. The van der Waals surface area contributed by atoms with Gasteiger partial charge in [0, 0.05) is 30.7 Å². The van der Waals surface area contributed by atoms with Crippen LogP contribution in [0.2, 0.25) is 0 Å². The number of aromatic nitrogens is 2. The summed E-state index contributed by atoms with van der Waals surface area (Å²) < 4.78 is 22.5. The molecule has 0 aliphatic heterocycles. The van der Waals surface area contributed by atoms with Crippen LogP contribution in [0.25, 0.3) is 0 Å². The Morgan fingerprint density at radius 2 is 1.63 bits per heavy atom. The molecule has 1 aromatic heterocycles. The van der Waals surface area contributed by atoms with E-state index in [0.29, 0.717) is 49.3 Å². The first kappa shape index (κ1) is 23.8. The van der Waals surface area contributed by atoms with Crippen molar-refractivity contribution >= 4 is 23.4 Å². The van der Waals surface area contributed by atoms with E-state index in [4.69, 9.17) is 42.0 Å². The van der Waals surface area contributed by atoms with Crippen LogP contribution < -0.4 is 25.7 Å². The third-order valence-electron chi connectivity index (χ3n) is 4.48. The molecule has 2 aromatic rings. The van der Waals surface area contributed by atoms with Crippen molar-refractivity contribution in [3.8, 4) is 17.2 Å². The van der Waals surface area contributed by atoms with E-state index in [1.165, 1.54) is 0 Å². The molecule has 0 spiro atoms. The van der Waals surface area contributed by atoms with Gasteiger partial charge in [0.15, 0.2) is 11.5 Å². The Labute approximate surface area is 182 Å². The molecule has 30 heavy (non-hydrogen) atoms. The molecular weight excluding hydrogens is 408 g/mol. The van der Waals surface area contributed by atoms with Gasteiger partial charge in [-0.1, -0.05) is 12.8 Å². The van der Waals surface area contributed by atoms with Crippen molar-refractivity contribution in [1.82, 2.24) is 9.97 Å². The normalized spacial score (nSPS) is 10.8. The summed E-state index contributed by atoms with van der Waals surface area (Å²) in [6.45, 7) is 1.60. The summed E-state index contributed by atoms with van der Waals surface area (Å²) in [5.74, 6) is 2.89. The highest BCUT2D eigenvalue weighted by molar-refractivity contribution is 6.17. The molecule has 0 amide bonds. The number of alkyl halides is 1. The molecule has 0 atom stereocenters. The van der Waals surface area contributed by atoms with E-state index in [2.05, 4.69) is 9.97 Å². The first-order valence-electron chi connectivity index (χ1n) is 9.97. The molecule has 0 aliphatic carbocycles. The molecule has 0 fully saturated rings. The Kier molecular flexibility index (Phi) is 10.3. The van der Waals surface area contributed by atoms with Gasteiger partial charge in [0.25, 0.3) is 0 Å². The van der Waals surface area contributed by atoms with E-state index in [0.717, 1.165) is 42.7 Å². The van der Waals surface area contributed by atoms with E-state index in [-0.39, 0.29) is 5.95 Å². The first-order chi connectivity index (χ1) is 14.6. The Bertz CT molecular complexity index is 767. The monoisotopic (exact) mass is 438 g/mol. The summed E-state index contributed by atoms with van der Waals surface area (Å²) in [5, 5.41) is 0. The first-order valence-corrected chi connectivity index (χ1v) is 10.5. The van der Waals surface area contributed by atoms with Crippen LogP contribution >= 0.6 is 11.6 Å². The second-order valence-corrected chi connectivity index (χ2v) is 7.09. The van der Waals surface area contributed by atoms with Gasteiger partial charge in [0.2, 0.25) is 11.7 Å². The minimum Gasteiger partial charge on any atom is -0.493 e. The van der Waals surface area contributed by atoms with Crippen molar-refractivity contribution in [2.45, 2.75) is 32.1 Å². The van der Waals surface area contributed by atoms with Crippen LogP contribution in [-0.2, 0) is 11.2 Å². The highest BCUT2D eigenvalue weighted by Gasteiger charge is 2.15. The number of nitrogens with zero attached hydrogens (tertiary/aromatic N) is 2. The molecule has 0 radical (unpaired) electrons. The number of hydrogen-bond acceptors (Lipinski definition) is 8. The molecule has 0 aliphatic rings. The lowest BCUT2D eigenvalue weighted by molar-refractivity contribution is 0.0950. The van der Waals surface area contributed by atoms with Crippen LogP contribution in [-0.4, -0.2) is 49.9 Å². The Morgan fingerprint density at radius 3 is 2.27 bits per heavy atom. The number of nitrogens with two attached hydrogens (primary N) is 2. The number of benzene rings is 1. The van der Waals surface area contributed by atoms with E-state index in [9.17, 15) is 0 Å². The average molecular weight is 439 g/mol. The maximum atomic E-state index is 5.94. The SMILES string of the molecule is COc1cc(Cc2cnc(N)nc2N)cc(OC)c1OCCOCCCCCCCl. The lowest BCUT2D eigenvalue weighted by Crippen LogP contribution is -2.09. The number of anilines is 2. The van der Waals surface area contributed by atoms with Crippen LogP contribution in [0.15, 0.2) is 18.3 Å². The van der Waals surface area contributed by atoms with E-state index >= 15 is 0 Å². The maximum Gasteiger partial charge on any atom is 0.221 e. The third-order valence-corrected chi connectivity index (χ3v) is 4.75. The molecule has 0 saturated carbocycles. The zero-order valence-electron chi connectivity index (χ0n) is 17.7. The largest absolute Gasteiger partial charge is 0.493 e. The number of nitrogen functional groups attached to an aromatic ring is 2. The molecule has 2 rings (SSSR count). The van der Waals surface area contributed by atoms with Gasteiger partial charge in [0.1, 0.15) is 12.4 Å². The number of unbranched alkanes of at least 4 members (excludes halogenated alkanes) is 3. The van der Waals surface area contributed by atoms with Crippen molar-refractivity contribution in [2.24, 2.45) is 0 Å². The van der Waals surface area contributed by atoms with E-state index < -0.39 is 0 Å². The fraction of sp³-hybridized carbons (Fsp3) is 0.524. The average Bonchev–Trinajstić information content (AvgIpc) is 2.74. The van der Waals surface area contributed by atoms with Crippen LogP contribution in [0.1, 0.15) is 36.8 Å². The Balaban J connectivity index is 1.94. The molecule has 9 heteroatoms. The predicted octanol–water partition coefficient (Wildman–Crippen LogP) is 3.44. The summed E-state index contributed by atoms with van der Waals surface area (Å²) >= 11 is 5.67. The summed E-state index contributed by atoms with van der Waals surface area (Å²) in [6.07, 6.45) is 6.47. The topological polar surface area (TPSA) is 115 Å². The summed E-state index contributed by atoms with van der Waals surface area (Å²) in [6, 6.07) is 3.76. The minimum atomic E-state index is 0.146. The highest BCUT2D eigenvalue weighted by Crippen LogP contribution is 2.39. The fourth-order valence-electron chi connectivity index (χ4n) is 2.93. The number of rotatable bonds is 14. The third kappa shape index (κ3) is 7.42. The summed E-state index contributed by atoms with van der Waals surface area (Å²) in [4.78, 5) is 8.00. The predicted molar refractivity (Wildman–Crippen MR) is 119 cm³/mol. The number of hydrogen-bond donors (Lipinski definition) is 2. The van der Waals surface area contributed by atoms with Gasteiger partial charge in [-0.05, 0) is 30.5 Å². The smallest absolute Gasteiger partial charge is 0.221 e. The van der Waals surface area contributed by atoms with Crippen LogP contribution in [0, 0.1) is 0 Å². The van der Waals surface area contributed by atoms with Gasteiger partial charge < -0.3 is 30.4 Å². The van der Waals surface area contributed by atoms with Gasteiger partial charge in [0.05, 0.1) is 20.8 Å². The molecule has 8 nitrogen and oxygen atoms in total. The van der Waals surface area contributed by atoms with Crippen LogP contribution in [0.3, 0.4) is 0 Å². The second-order valence-electron chi connectivity index (χ2n) is 6.71. The van der Waals surface area contributed by atoms with Crippen molar-refractivity contribution in [3.05, 3.63) is 29.5 Å². The van der Waals surface area contributed by atoms with Crippen molar-refractivity contribution in [3.63, 3.8) is 0 Å². The number of methoxy groups -OCH3 is 2. The molecule has 166 valence electrons. The van der Waals surface area contributed by atoms with Crippen molar-refractivity contribution in [1.29, 1.82) is 0 Å². The Hall–Kier alpha value is -2.45. The van der Waals surface area contributed by atoms with Crippen LogP contribution in [0.5, 0.6) is 17.2 Å². The quantitative estimate of drug-likeness (QED) is 0.340. The molecule has 1 heterocycles. The van der Waals surface area contributed by atoms with Crippen LogP contribution in [0.4, 0.5) is 11.8 Å². The van der Waals surface area contributed by atoms with Gasteiger partial charge in [-0.25, -0.2) is 4.98 Å². The van der Waals surface area contributed by atoms with Gasteiger partial charge in [-0.2, -0.15) is 4.98 Å². The van der Waals surface area contributed by atoms with Gasteiger partial charge in [-0.15, -0.1) is 11.6 Å². The molecular formula is C21H31ClN4O4. The van der Waals surface area contributed by atoms with Crippen molar-refractivity contribution < 1.29 is 18.9 Å². The molecule has 0 saturated heterocycles. The minimum absolute atomic E-state index is 0.146. The standard InChI is InChI=1S/C21H31ClN4O4/c1-27-17-12-15(11-16-14-25-21(24)26-20(16)23)13-18(28-2)19(17)30-10-9-29-8-6-4-3-5-7-22/h12-14H,3-11H2,1-2H3,(H4,23,24,25,26). The number of halogens is 1. The molecule has 1 aromatic carbocycles. The zero-order chi connectivity index (χ0) is 21.8. The second kappa shape index (κ2) is 13.0. The highest BCUT2D eigenvalue weighted by atomic mass is 35.5. The summed E-state index contributed by atoms with van der Waals surface area (Å²) in [5.41, 5.74) is 13.2. The fourth-order valence-corrected chi connectivity index (χ4v) is 3.11. The number of ether oxygens (including phenoxy) is 4. The van der Waals surface area contributed by atoms with E-state index in [1.807, 2.05) is 12.1 Å². The Morgan fingerprint density at radius 1 is 0.933 bits per heavy atom. The van der Waals surface area contributed by atoms with Crippen molar-refractivity contribution in [2.75, 3.05) is 51.4 Å². The lowest BCUT2D eigenvalue weighted by atomic mass is 10.1. The van der Waals surface area contributed by atoms with E-state index in [1.54, 1.807) is 20.4 Å². The summed E-state index contributed by atoms with van der Waals surface area (Å²) in [7, 11) is 3.17.